The Hall–Kier alpha value is -3.67. The fourth-order valence-electron chi connectivity index (χ4n) is 5.80. The maximum atomic E-state index is 15.0. The van der Waals surface area contributed by atoms with Gasteiger partial charge >= 0.3 is 6.18 Å². The molecule has 5 rings (SSSR count). The minimum absolute atomic E-state index is 0.00254. The molecule has 0 aliphatic carbocycles. The highest BCUT2D eigenvalue weighted by Crippen LogP contribution is 2.44. The first-order chi connectivity index (χ1) is 19.5. The fraction of sp³-hybridized carbons (Fsp3) is 0.448. The molecule has 0 amide bonds. The molecule has 1 aromatic carbocycles. The molecular weight excluding hydrogens is 541 g/mol. The number of hydrogen-bond acceptors (Lipinski definition) is 6. The first-order valence-electron chi connectivity index (χ1n) is 13.7. The molecule has 0 saturated carbocycles. The fourth-order valence-corrected chi connectivity index (χ4v) is 5.80. The number of benzene rings is 1. The van der Waals surface area contributed by atoms with Crippen LogP contribution in [0.1, 0.15) is 57.0 Å². The van der Waals surface area contributed by atoms with Crippen LogP contribution in [0.2, 0.25) is 0 Å². The van der Waals surface area contributed by atoms with Gasteiger partial charge in [-0.2, -0.15) is 13.2 Å². The lowest BCUT2D eigenvalue weighted by Gasteiger charge is -2.36. The van der Waals surface area contributed by atoms with E-state index in [1.165, 1.54) is 24.4 Å². The van der Waals surface area contributed by atoms with E-state index >= 15 is 0 Å². The molecule has 12 heteroatoms. The van der Waals surface area contributed by atoms with Crippen LogP contribution in [0.5, 0.6) is 0 Å². The molecule has 1 aliphatic rings. The summed E-state index contributed by atoms with van der Waals surface area (Å²) in [5.41, 5.74) is 0.858. The quantitative estimate of drug-likeness (QED) is 0.236. The number of pyridine rings is 1. The number of hydrogen-bond donors (Lipinski definition) is 1. The third-order valence-electron chi connectivity index (χ3n) is 7.75. The number of piperidine rings is 1. The van der Waals surface area contributed by atoms with Crippen LogP contribution in [0, 0.1) is 24.5 Å². The highest BCUT2D eigenvalue weighted by Gasteiger charge is 2.46. The number of anilines is 2. The maximum Gasteiger partial charge on any atom is 0.396 e. The van der Waals surface area contributed by atoms with Crippen LogP contribution in [0.4, 0.5) is 33.7 Å². The highest BCUT2D eigenvalue weighted by molar-refractivity contribution is 5.83. The van der Waals surface area contributed by atoms with Gasteiger partial charge in [-0.05, 0) is 82.9 Å². The van der Waals surface area contributed by atoms with Crippen molar-refractivity contribution in [2.75, 3.05) is 25.0 Å². The second-order valence-corrected chi connectivity index (χ2v) is 10.7. The van der Waals surface area contributed by atoms with E-state index in [0.717, 1.165) is 12.7 Å². The summed E-state index contributed by atoms with van der Waals surface area (Å²) in [5.74, 6) is -2.70. The van der Waals surface area contributed by atoms with Crippen LogP contribution in [0.15, 0.2) is 36.7 Å². The van der Waals surface area contributed by atoms with Crippen LogP contribution >= 0.6 is 0 Å². The first-order valence-corrected chi connectivity index (χ1v) is 13.7. The molecule has 218 valence electrons. The van der Waals surface area contributed by atoms with Gasteiger partial charge in [-0.15, -0.1) is 0 Å². The minimum Gasteiger partial charge on any atom is -0.326 e. The van der Waals surface area contributed by atoms with Gasteiger partial charge in [0.2, 0.25) is 5.95 Å². The predicted octanol–water partition coefficient (Wildman–Crippen LogP) is 7.18. The van der Waals surface area contributed by atoms with Gasteiger partial charge in [0.15, 0.2) is 11.6 Å². The molecule has 3 aromatic heterocycles. The molecule has 4 heterocycles. The third kappa shape index (κ3) is 5.88. The summed E-state index contributed by atoms with van der Waals surface area (Å²) in [6.07, 6.45) is -1.29. The van der Waals surface area contributed by atoms with E-state index in [1.54, 1.807) is 13.0 Å². The van der Waals surface area contributed by atoms with Crippen molar-refractivity contribution in [1.29, 1.82) is 0 Å². The van der Waals surface area contributed by atoms with E-state index in [4.69, 9.17) is 0 Å². The first kappa shape index (κ1) is 28.8. The van der Waals surface area contributed by atoms with Crippen LogP contribution in [-0.2, 0) is 0 Å². The highest BCUT2D eigenvalue weighted by atomic mass is 19.4. The lowest BCUT2D eigenvalue weighted by molar-refractivity contribution is -0.165. The van der Waals surface area contributed by atoms with Crippen molar-refractivity contribution in [2.45, 2.75) is 58.7 Å². The van der Waals surface area contributed by atoms with Gasteiger partial charge in [0.05, 0.1) is 17.6 Å². The predicted molar refractivity (Wildman–Crippen MR) is 147 cm³/mol. The van der Waals surface area contributed by atoms with E-state index in [1.807, 2.05) is 25.3 Å². The van der Waals surface area contributed by atoms with Crippen LogP contribution in [-0.4, -0.2) is 55.2 Å². The maximum absolute atomic E-state index is 15.0. The third-order valence-corrected chi connectivity index (χ3v) is 7.75. The second-order valence-electron chi connectivity index (χ2n) is 10.7. The number of rotatable bonds is 7. The summed E-state index contributed by atoms with van der Waals surface area (Å²) in [7, 11) is 0. The van der Waals surface area contributed by atoms with Gasteiger partial charge in [-0.3, -0.25) is 0 Å². The molecule has 0 bridgehead atoms. The van der Waals surface area contributed by atoms with Crippen molar-refractivity contribution in [2.24, 2.45) is 5.92 Å². The number of fused-ring (bicyclic) bond motifs is 1. The molecule has 1 atom stereocenters. The number of nitrogens with one attached hydrogen (secondary N) is 1. The summed E-state index contributed by atoms with van der Waals surface area (Å²) >= 11 is 0. The van der Waals surface area contributed by atoms with Crippen molar-refractivity contribution in [1.82, 2.24) is 29.4 Å². The zero-order chi connectivity index (χ0) is 29.5. The summed E-state index contributed by atoms with van der Waals surface area (Å²) in [4.78, 5) is 18.8. The van der Waals surface area contributed by atoms with E-state index in [-0.39, 0.29) is 40.1 Å². The number of nitrogens with zero attached hydrogens (tertiary/aromatic N) is 6. The van der Waals surface area contributed by atoms with Gasteiger partial charge in [0, 0.05) is 17.8 Å². The van der Waals surface area contributed by atoms with E-state index in [2.05, 4.69) is 30.2 Å². The molecule has 0 spiro atoms. The number of aryl methyl sites for hydroxylation is 1. The zero-order valence-electron chi connectivity index (χ0n) is 23.3. The molecule has 41 heavy (non-hydrogen) atoms. The van der Waals surface area contributed by atoms with E-state index < -0.39 is 29.6 Å². The van der Waals surface area contributed by atoms with Gasteiger partial charge in [0.25, 0.3) is 0 Å². The minimum atomic E-state index is -4.40. The van der Waals surface area contributed by atoms with Crippen molar-refractivity contribution >= 4 is 22.8 Å². The van der Waals surface area contributed by atoms with Crippen molar-refractivity contribution in [3.63, 3.8) is 0 Å². The normalized spacial score (nSPS) is 16.0. The summed E-state index contributed by atoms with van der Waals surface area (Å²) < 4.78 is 74.0. The van der Waals surface area contributed by atoms with Crippen LogP contribution < -0.4 is 5.32 Å². The molecular formula is C29H32F5N7. The van der Waals surface area contributed by atoms with Gasteiger partial charge < -0.3 is 14.8 Å². The second kappa shape index (κ2) is 11.3. The summed E-state index contributed by atoms with van der Waals surface area (Å²) in [6.45, 7) is 9.77. The standard InChI is InChI=1S/C29H32F5N7/c1-5-40-10-8-18(9-11-40)25(29(32,33)34)19-6-7-24(35-14-19)38-28-36-15-22(31)26(39-28)20-12-21(30)27-23(13-20)41(16(2)3)17(4)37-27/h6-7,12-16,18,25H,5,8-11H2,1-4H3,(H,35,36,38,39)/t25-/m1/s1. The van der Waals surface area contributed by atoms with Crippen LogP contribution in [0.3, 0.4) is 0 Å². The van der Waals surface area contributed by atoms with Crippen molar-refractivity contribution < 1.29 is 22.0 Å². The van der Waals surface area contributed by atoms with Crippen molar-refractivity contribution in [3.8, 4) is 11.3 Å². The molecule has 1 fully saturated rings. The lowest BCUT2D eigenvalue weighted by Crippen LogP contribution is -2.39. The summed E-state index contributed by atoms with van der Waals surface area (Å²) in [6, 6.07) is 5.63. The van der Waals surface area contributed by atoms with E-state index in [9.17, 15) is 22.0 Å². The number of aromatic nitrogens is 5. The zero-order valence-corrected chi connectivity index (χ0v) is 23.3. The molecule has 7 nitrogen and oxygen atoms in total. The smallest absolute Gasteiger partial charge is 0.326 e. The monoisotopic (exact) mass is 573 g/mol. The number of imidazole rings is 1. The number of likely N-dealkylation sites (tertiary alicyclic amines) is 1. The average molecular weight is 574 g/mol. The Labute approximate surface area is 234 Å². The number of halogens is 5. The average Bonchev–Trinajstić information content (AvgIpc) is 3.27. The topological polar surface area (TPSA) is 71.8 Å². The Kier molecular flexibility index (Phi) is 7.95. The summed E-state index contributed by atoms with van der Waals surface area (Å²) in [5, 5.41) is 2.83. The molecule has 1 aliphatic heterocycles. The Balaban J connectivity index is 1.40. The largest absolute Gasteiger partial charge is 0.396 e. The molecule has 1 saturated heterocycles. The molecule has 0 radical (unpaired) electrons. The van der Waals surface area contributed by atoms with Gasteiger partial charge in [-0.1, -0.05) is 13.0 Å². The van der Waals surface area contributed by atoms with Crippen molar-refractivity contribution in [3.05, 3.63) is 59.7 Å². The lowest BCUT2D eigenvalue weighted by atomic mass is 9.80. The number of alkyl halides is 3. The molecule has 4 aromatic rings. The Morgan fingerprint density at radius 2 is 1.73 bits per heavy atom. The van der Waals surface area contributed by atoms with Gasteiger partial charge in [0.1, 0.15) is 22.9 Å². The van der Waals surface area contributed by atoms with E-state index in [0.29, 0.717) is 37.3 Å². The molecule has 0 unspecified atom stereocenters. The Bertz CT molecular complexity index is 1520. The molecule has 1 N–H and O–H groups in total. The SMILES string of the molecule is CCN1CCC([C@H](c2ccc(Nc3ncc(F)c(-c4cc(F)c5nc(C)n(C(C)C)c5c4)n3)nc2)C(F)(F)F)CC1. The Morgan fingerprint density at radius 1 is 1.00 bits per heavy atom. The van der Waals surface area contributed by atoms with Gasteiger partial charge in [-0.25, -0.2) is 28.7 Å². The Morgan fingerprint density at radius 3 is 2.34 bits per heavy atom. The van der Waals surface area contributed by atoms with Crippen LogP contribution in [0.25, 0.3) is 22.3 Å².